The van der Waals surface area contributed by atoms with Crippen molar-refractivity contribution in [2.45, 2.75) is 39.5 Å². The maximum atomic E-state index is 13.6. The number of likely N-dealkylation sites (N-methyl/N-ethyl adjacent to an activating group) is 1. The molecule has 2 N–H and O–H groups in total. The minimum atomic E-state index is -3.63. The van der Waals surface area contributed by atoms with Crippen LogP contribution in [0.25, 0.3) is 0 Å². The topological polar surface area (TPSA) is 80.2 Å². The summed E-state index contributed by atoms with van der Waals surface area (Å²) in [6.45, 7) is 5.72. The van der Waals surface area contributed by atoms with Gasteiger partial charge in [-0.1, -0.05) is 13.8 Å². The van der Waals surface area contributed by atoms with Crippen LogP contribution in [0.3, 0.4) is 0 Å². The molecule has 0 aromatic carbocycles. The monoisotopic (exact) mass is 362 g/mol. The van der Waals surface area contributed by atoms with Crippen molar-refractivity contribution in [3.8, 4) is 0 Å². The van der Waals surface area contributed by atoms with Gasteiger partial charge >= 0.3 is 0 Å². The predicted molar refractivity (Wildman–Crippen MR) is 94.1 cm³/mol. The highest BCUT2D eigenvalue weighted by atomic mass is 32.3. The normalized spacial score (nSPS) is 39.2. The van der Waals surface area contributed by atoms with Gasteiger partial charge in [-0.15, -0.1) is 11.3 Å². The lowest BCUT2D eigenvalue weighted by Gasteiger charge is -2.44. The molecule has 1 saturated heterocycles. The van der Waals surface area contributed by atoms with E-state index in [2.05, 4.69) is 17.7 Å². The second kappa shape index (κ2) is 4.30. The Balaban J connectivity index is 2.33. The number of nitrogens with zero attached hydrogens (tertiary/aromatic N) is 1. The number of carbonyl (C=O) groups is 1. The lowest BCUT2D eigenvalue weighted by atomic mass is 9.96. The summed E-state index contributed by atoms with van der Waals surface area (Å²) in [5.41, 5.74) is 1.32. The first kappa shape index (κ1) is 16.3. The molecule has 4 atom stereocenters. The van der Waals surface area contributed by atoms with Gasteiger partial charge < -0.3 is 0 Å². The molecule has 2 aliphatic heterocycles. The zero-order valence-corrected chi connectivity index (χ0v) is 15.5. The Bertz CT molecular complexity index is 842. The fraction of sp³-hybridized carbons (Fsp3) is 0.571. The zero-order valence-electron chi connectivity index (χ0n) is 13.0. The van der Waals surface area contributed by atoms with Crippen LogP contribution in [0.4, 0.5) is 0 Å². The third kappa shape index (κ3) is 1.88. The highest BCUT2D eigenvalue weighted by Crippen LogP contribution is 2.60. The number of hydrogen-bond acceptors (Lipinski definition) is 5. The average Bonchev–Trinajstić information content (AvgIpc) is 2.90. The molecule has 1 aromatic heterocycles. The van der Waals surface area contributed by atoms with Crippen molar-refractivity contribution in [3.63, 3.8) is 0 Å². The van der Waals surface area contributed by atoms with Crippen molar-refractivity contribution in [1.82, 2.24) is 4.90 Å². The van der Waals surface area contributed by atoms with E-state index in [0.717, 1.165) is 30.0 Å². The molecule has 0 bridgehead atoms. The number of carbonyl (C=O) groups excluding carboxylic acids is 1. The number of hydrogen-bond donors (Lipinski definition) is 1. The smallest absolute Gasteiger partial charge is 0.190 e. The molecular formula is C14H22N2O3S3. The van der Waals surface area contributed by atoms with Crippen LogP contribution in [0.1, 0.15) is 25.8 Å². The summed E-state index contributed by atoms with van der Waals surface area (Å²) < 4.78 is 26.8. The van der Waals surface area contributed by atoms with E-state index < -0.39 is 18.8 Å². The molecule has 3 unspecified atom stereocenters. The lowest BCUT2D eigenvalue weighted by Crippen LogP contribution is -2.49. The molecule has 124 valence electrons. The molecule has 0 saturated carbocycles. The van der Waals surface area contributed by atoms with Crippen LogP contribution in [0.5, 0.6) is 0 Å². The van der Waals surface area contributed by atoms with Gasteiger partial charge in [0, 0.05) is 23.6 Å². The van der Waals surface area contributed by atoms with Gasteiger partial charge in [0.25, 0.3) is 0 Å². The summed E-state index contributed by atoms with van der Waals surface area (Å²) in [4.78, 5) is 14.1. The number of rotatable bonds is 3. The standard InChI is InChI=1S/C14H22N2O3S3/c1-5-16-8-14(16)7-10(2)22(4,19,9-17)13-11(14)6-12(20-13)21(3,15)18/h6,9-10H,3,5,7-8H2,1-2,4H3,(H2,15,18)/t10-,14?,16?,21?/m0/s1. The molecule has 22 heavy (non-hydrogen) atoms. The second-order valence-corrected chi connectivity index (χ2v) is 14.5. The van der Waals surface area contributed by atoms with Gasteiger partial charge in [-0.25, -0.2) is 4.21 Å². The van der Waals surface area contributed by atoms with E-state index >= 15 is 0 Å². The van der Waals surface area contributed by atoms with Crippen molar-refractivity contribution < 1.29 is 13.2 Å². The Morgan fingerprint density at radius 1 is 1.68 bits per heavy atom. The Labute approximate surface area is 135 Å². The van der Waals surface area contributed by atoms with E-state index in [1.807, 2.05) is 6.92 Å². The number of fused-ring (bicyclic) bond motifs is 2. The highest BCUT2D eigenvalue weighted by Gasteiger charge is 2.63. The zero-order chi connectivity index (χ0) is 16.6. The predicted octanol–water partition coefficient (Wildman–Crippen LogP) is 1.02. The molecular weight excluding hydrogens is 340 g/mol. The average molecular weight is 363 g/mol. The first-order valence-corrected chi connectivity index (χ1v) is 12.2. The van der Waals surface area contributed by atoms with Gasteiger partial charge in [0.15, 0.2) is 5.62 Å². The van der Waals surface area contributed by atoms with Crippen LogP contribution in [0.2, 0.25) is 0 Å². The summed E-state index contributed by atoms with van der Waals surface area (Å²) in [6.07, 6.45) is 2.23. The maximum Gasteiger partial charge on any atom is 0.190 e. The molecule has 3 rings (SSSR count). The minimum Gasteiger partial charge on any atom is -0.290 e. The van der Waals surface area contributed by atoms with Gasteiger partial charge in [0.2, 0.25) is 0 Å². The van der Waals surface area contributed by atoms with Gasteiger partial charge in [0.1, 0.15) is 0 Å². The summed E-state index contributed by atoms with van der Waals surface area (Å²) >= 11 is 1.15. The van der Waals surface area contributed by atoms with Crippen molar-refractivity contribution in [2.75, 3.05) is 19.3 Å². The van der Waals surface area contributed by atoms with E-state index in [1.54, 1.807) is 12.3 Å². The van der Waals surface area contributed by atoms with E-state index in [4.69, 9.17) is 5.14 Å². The molecule has 1 spiro atoms. The third-order valence-corrected chi connectivity index (χ3v) is 13.2. The van der Waals surface area contributed by atoms with Gasteiger partial charge in [-0.2, -0.15) is 0 Å². The van der Waals surface area contributed by atoms with Crippen molar-refractivity contribution in [3.05, 3.63) is 11.6 Å². The summed E-state index contributed by atoms with van der Waals surface area (Å²) in [7, 11) is -6.52. The third-order valence-electron chi connectivity index (χ3n) is 5.19. The molecule has 1 fully saturated rings. The van der Waals surface area contributed by atoms with Crippen LogP contribution in [0.15, 0.2) is 14.5 Å². The van der Waals surface area contributed by atoms with Crippen LogP contribution in [0, 0.1) is 0 Å². The summed E-state index contributed by atoms with van der Waals surface area (Å²) in [5.74, 6) is 3.53. The maximum absolute atomic E-state index is 13.6. The Morgan fingerprint density at radius 2 is 2.32 bits per heavy atom. The van der Waals surface area contributed by atoms with Crippen molar-refractivity contribution >= 4 is 41.6 Å². The van der Waals surface area contributed by atoms with Crippen LogP contribution < -0.4 is 5.14 Å². The lowest BCUT2D eigenvalue weighted by molar-refractivity contribution is 0.393. The summed E-state index contributed by atoms with van der Waals surface area (Å²) in [5, 5.41) is 5.44. The quantitative estimate of drug-likeness (QED) is 0.494. The molecule has 1 aromatic rings. The Kier molecular flexibility index (Phi) is 3.19. The SMILES string of the molecule is C=S(N)(=O)c1cc2c(s1)S(C)(=O)(C=O)[C@@H](C)CC21CN1CC. The van der Waals surface area contributed by atoms with E-state index in [1.165, 1.54) is 0 Å². The largest absolute Gasteiger partial charge is 0.290 e. The Hall–Kier alpha value is -0.540. The number of thiophene rings is 1. The fourth-order valence-electron chi connectivity index (χ4n) is 3.49. The first-order chi connectivity index (χ1) is 9.98. The highest BCUT2D eigenvalue weighted by molar-refractivity contribution is 8.31. The Morgan fingerprint density at radius 3 is 2.77 bits per heavy atom. The molecule has 0 radical (unpaired) electrons. The van der Waals surface area contributed by atoms with Crippen molar-refractivity contribution in [2.24, 2.45) is 5.14 Å². The second-order valence-electron chi connectivity index (χ2n) is 6.64. The molecule has 5 nitrogen and oxygen atoms in total. The van der Waals surface area contributed by atoms with E-state index in [-0.39, 0.29) is 10.8 Å². The number of nitrogens with two attached hydrogens (primary N) is 1. The van der Waals surface area contributed by atoms with E-state index in [0.29, 0.717) is 20.5 Å². The van der Waals surface area contributed by atoms with Gasteiger partial charge in [-0.05, 0) is 34.0 Å². The molecule has 3 heterocycles. The van der Waals surface area contributed by atoms with Crippen LogP contribution in [-0.2, 0) is 29.1 Å². The summed E-state index contributed by atoms with van der Waals surface area (Å²) in [6, 6.07) is 1.78. The van der Waals surface area contributed by atoms with Crippen molar-refractivity contribution in [1.29, 1.82) is 0 Å². The minimum absolute atomic E-state index is 0.178. The fourth-order valence-corrected chi connectivity index (χ4v) is 9.38. The molecule has 8 heteroatoms. The van der Waals surface area contributed by atoms with E-state index in [9.17, 15) is 13.2 Å². The molecule has 0 amide bonds. The molecule has 0 aliphatic carbocycles. The molecule has 2 aliphatic rings. The van der Waals surface area contributed by atoms with Gasteiger partial charge in [-0.3, -0.25) is 19.0 Å². The first-order valence-electron chi connectivity index (χ1n) is 7.12. The van der Waals surface area contributed by atoms with Gasteiger partial charge in [0.05, 0.1) is 23.7 Å². The van der Waals surface area contributed by atoms with Crippen LogP contribution in [-0.4, -0.2) is 49.4 Å². The van der Waals surface area contributed by atoms with Crippen LogP contribution >= 0.6 is 11.3 Å².